The van der Waals surface area contributed by atoms with Crippen LogP contribution in [-0.2, 0) is 24.1 Å². The maximum atomic E-state index is 12.3. The van der Waals surface area contributed by atoms with Crippen LogP contribution in [0.3, 0.4) is 0 Å². The molecule has 27 heavy (non-hydrogen) atoms. The van der Waals surface area contributed by atoms with Gasteiger partial charge in [-0.1, -0.05) is 25.7 Å². The van der Waals surface area contributed by atoms with E-state index in [1.165, 1.54) is 0 Å². The molecule has 6 nitrogen and oxygen atoms in total. The molecule has 0 aromatic heterocycles. The summed E-state index contributed by atoms with van der Waals surface area (Å²) in [5.74, 6) is 1.17. The fourth-order valence-electron chi connectivity index (χ4n) is 4.43. The van der Waals surface area contributed by atoms with Crippen LogP contribution in [0, 0.1) is 11.8 Å². The van der Waals surface area contributed by atoms with Crippen molar-refractivity contribution >= 4 is 17.1 Å². The SMILES string of the molecule is CC(C)S(=O)(=O)NC1COCC1C1CCC(B2OC(C)(C)C(C)(C)O2)CC1. The summed E-state index contributed by atoms with van der Waals surface area (Å²) in [7, 11) is -3.41. The number of hydrogen-bond acceptors (Lipinski definition) is 5. The van der Waals surface area contributed by atoms with Crippen LogP contribution in [0.1, 0.15) is 67.2 Å². The van der Waals surface area contributed by atoms with Gasteiger partial charge in [-0.2, -0.15) is 0 Å². The molecule has 156 valence electrons. The first-order valence-corrected chi connectivity index (χ1v) is 11.9. The van der Waals surface area contributed by atoms with Crippen molar-refractivity contribution in [1.82, 2.24) is 4.72 Å². The molecule has 0 amide bonds. The molecule has 1 aliphatic carbocycles. The zero-order valence-electron chi connectivity index (χ0n) is 17.7. The predicted octanol–water partition coefficient (Wildman–Crippen LogP) is 2.98. The molecule has 0 radical (unpaired) electrons. The third-order valence-electron chi connectivity index (χ3n) is 7.14. The van der Waals surface area contributed by atoms with E-state index in [2.05, 4.69) is 32.4 Å². The molecule has 0 aromatic carbocycles. The van der Waals surface area contributed by atoms with E-state index in [9.17, 15) is 8.42 Å². The van der Waals surface area contributed by atoms with Crippen molar-refractivity contribution in [3.63, 3.8) is 0 Å². The van der Waals surface area contributed by atoms with E-state index in [1.54, 1.807) is 13.8 Å². The summed E-state index contributed by atoms with van der Waals surface area (Å²) >= 11 is 0. The predicted molar refractivity (Wildman–Crippen MR) is 107 cm³/mol. The Labute approximate surface area is 165 Å². The van der Waals surface area contributed by atoms with Gasteiger partial charge in [0.2, 0.25) is 10.0 Å². The normalized spacial score (nSPS) is 36.5. The molecule has 2 unspecified atom stereocenters. The monoisotopic (exact) mass is 401 g/mol. The van der Waals surface area contributed by atoms with E-state index in [4.69, 9.17) is 14.0 Å². The highest BCUT2D eigenvalue weighted by Crippen LogP contribution is 2.46. The Hall–Kier alpha value is -0.145. The van der Waals surface area contributed by atoms with Crippen LogP contribution in [0.15, 0.2) is 0 Å². The van der Waals surface area contributed by atoms with Gasteiger partial charge in [-0.25, -0.2) is 13.1 Å². The van der Waals surface area contributed by atoms with Crippen molar-refractivity contribution in [2.75, 3.05) is 13.2 Å². The summed E-state index contributed by atoms with van der Waals surface area (Å²) in [5, 5.41) is -0.419. The Kier molecular flexibility index (Phi) is 6.07. The standard InChI is InChI=1S/C19H36BNO5S/c1-13(2)27(22,23)21-17-12-24-11-16(17)14-7-9-15(10-8-14)20-25-18(3,4)19(5,6)26-20/h13-17,21H,7-12H2,1-6H3. The highest BCUT2D eigenvalue weighted by atomic mass is 32.2. The van der Waals surface area contributed by atoms with Crippen molar-refractivity contribution < 1.29 is 22.5 Å². The summed E-state index contributed by atoms with van der Waals surface area (Å²) in [6.07, 6.45) is 4.26. The molecule has 1 N–H and O–H groups in total. The lowest BCUT2D eigenvalue weighted by Gasteiger charge is -2.34. The second kappa shape index (κ2) is 7.60. The van der Waals surface area contributed by atoms with Gasteiger partial charge in [0, 0.05) is 5.92 Å². The summed E-state index contributed by atoms with van der Waals surface area (Å²) < 4.78 is 45.5. The van der Waals surface area contributed by atoms with Crippen molar-refractivity contribution in [2.45, 2.75) is 95.5 Å². The van der Waals surface area contributed by atoms with E-state index < -0.39 is 15.3 Å². The lowest BCUT2D eigenvalue weighted by Crippen LogP contribution is -2.45. The van der Waals surface area contributed by atoms with Crippen LogP contribution in [0.25, 0.3) is 0 Å². The van der Waals surface area contributed by atoms with Gasteiger partial charge < -0.3 is 14.0 Å². The van der Waals surface area contributed by atoms with Crippen LogP contribution >= 0.6 is 0 Å². The van der Waals surface area contributed by atoms with Crippen LogP contribution in [0.4, 0.5) is 0 Å². The molecule has 3 fully saturated rings. The lowest BCUT2D eigenvalue weighted by molar-refractivity contribution is 0.00578. The van der Waals surface area contributed by atoms with Crippen molar-refractivity contribution in [1.29, 1.82) is 0 Å². The summed E-state index contributed by atoms with van der Waals surface area (Å²) in [6, 6.07) is -0.101. The van der Waals surface area contributed by atoms with Gasteiger partial charge in [-0.3, -0.25) is 0 Å². The van der Waals surface area contributed by atoms with Gasteiger partial charge in [-0.05, 0) is 53.3 Å². The zero-order valence-corrected chi connectivity index (χ0v) is 18.5. The van der Waals surface area contributed by atoms with E-state index in [1.807, 2.05) is 0 Å². The number of ether oxygens (including phenoxy) is 1. The van der Waals surface area contributed by atoms with Crippen molar-refractivity contribution in [2.24, 2.45) is 11.8 Å². The molecular formula is C19H36BNO5S. The maximum absolute atomic E-state index is 12.3. The summed E-state index contributed by atoms with van der Waals surface area (Å²) in [6.45, 7) is 12.9. The molecule has 8 heteroatoms. The number of rotatable bonds is 5. The summed E-state index contributed by atoms with van der Waals surface area (Å²) in [4.78, 5) is 0. The maximum Gasteiger partial charge on any atom is 0.461 e. The molecular weight excluding hydrogens is 365 g/mol. The second-order valence-electron chi connectivity index (χ2n) is 9.82. The highest BCUT2D eigenvalue weighted by Gasteiger charge is 2.54. The van der Waals surface area contributed by atoms with Crippen LogP contribution in [-0.4, -0.2) is 51.2 Å². The Morgan fingerprint density at radius 1 is 0.963 bits per heavy atom. The van der Waals surface area contributed by atoms with Crippen LogP contribution in [0.5, 0.6) is 0 Å². The van der Waals surface area contributed by atoms with Gasteiger partial charge in [-0.15, -0.1) is 0 Å². The van der Waals surface area contributed by atoms with Crippen molar-refractivity contribution in [3.8, 4) is 0 Å². The molecule has 2 heterocycles. The molecule has 2 aliphatic heterocycles. The molecule has 0 bridgehead atoms. The smallest absolute Gasteiger partial charge is 0.403 e. The van der Waals surface area contributed by atoms with Gasteiger partial charge in [0.15, 0.2) is 0 Å². The van der Waals surface area contributed by atoms with Crippen molar-refractivity contribution in [3.05, 3.63) is 0 Å². The highest BCUT2D eigenvalue weighted by molar-refractivity contribution is 7.90. The first-order valence-electron chi connectivity index (χ1n) is 10.4. The molecule has 1 saturated carbocycles. The molecule has 3 rings (SSSR count). The van der Waals surface area contributed by atoms with Crippen LogP contribution in [0.2, 0.25) is 5.82 Å². The molecule has 3 aliphatic rings. The molecule has 0 aromatic rings. The summed E-state index contributed by atoms with van der Waals surface area (Å²) in [5.41, 5.74) is -0.567. The fourth-order valence-corrected chi connectivity index (χ4v) is 5.37. The van der Waals surface area contributed by atoms with E-state index in [0.717, 1.165) is 25.7 Å². The molecule has 0 spiro atoms. The van der Waals surface area contributed by atoms with Gasteiger partial charge in [0.1, 0.15) is 0 Å². The number of sulfonamides is 1. The minimum absolute atomic E-state index is 0.101. The minimum atomic E-state index is -3.27. The number of hydrogen-bond donors (Lipinski definition) is 1. The van der Waals surface area contributed by atoms with Gasteiger partial charge in [0.25, 0.3) is 0 Å². The average Bonchev–Trinajstić information content (AvgIpc) is 3.09. The van der Waals surface area contributed by atoms with E-state index in [-0.39, 0.29) is 30.3 Å². The Morgan fingerprint density at radius 3 is 2.04 bits per heavy atom. The van der Waals surface area contributed by atoms with E-state index in [0.29, 0.717) is 24.9 Å². The Bertz CT molecular complexity index is 612. The second-order valence-corrected chi connectivity index (χ2v) is 12.1. The first kappa shape index (κ1) is 21.6. The molecule has 2 saturated heterocycles. The Morgan fingerprint density at radius 2 is 1.52 bits per heavy atom. The fraction of sp³-hybridized carbons (Fsp3) is 1.00. The topological polar surface area (TPSA) is 73.9 Å². The largest absolute Gasteiger partial charge is 0.461 e. The van der Waals surface area contributed by atoms with Gasteiger partial charge >= 0.3 is 7.12 Å². The Balaban J connectivity index is 1.56. The van der Waals surface area contributed by atoms with E-state index >= 15 is 0 Å². The lowest BCUT2D eigenvalue weighted by atomic mass is 9.61. The quantitative estimate of drug-likeness (QED) is 0.717. The van der Waals surface area contributed by atoms with Crippen LogP contribution < -0.4 is 4.72 Å². The average molecular weight is 401 g/mol. The zero-order chi connectivity index (χ0) is 20.0. The number of nitrogens with one attached hydrogen (secondary N) is 1. The third-order valence-corrected chi connectivity index (χ3v) is 9.01. The van der Waals surface area contributed by atoms with Gasteiger partial charge in [0.05, 0.1) is 35.7 Å². The minimum Gasteiger partial charge on any atom is -0.403 e. The first-order chi connectivity index (χ1) is 12.4. The molecule has 2 atom stereocenters. The third kappa shape index (κ3) is 4.40.